The molecule has 1 aliphatic rings. The van der Waals surface area contributed by atoms with Crippen LogP contribution in [0, 0.1) is 11.3 Å². The van der Waals surface area contributed by atoms with E-state index in [1.807, 2.05) is 0 Å². The molecule has 13 heavy (non-hydrogen) atoms. The second-order valence-corrected chi connectivity index (χ2v) is 5.60. The van der Waals surface area contributed by atoms with E-state index in [1.165, 1.54) is 6.92 Å². The Hall–Kier alpha value is -0.600. The maximum atomic E-state index is 11.4. The highest BCUT2D eigenvalue weighted by Gasteiger charge is 2.27. The topological polar surface area (TPSA) is 67.2 Å². The van der Waals surface area contributed by atoms with E-state index in [4.69, 9.17) is 10.00 Å². The van der Waals surface area contributed by atoms with Crippen LogP contribution in [0.4, 0.5) is 0 Å². The lowest BCUT2D eigenvalue weighted by molar-refractivity contribution is 0.127. The molecule has 0 spiro atoms. The van der Waals surface area contributed by atoms with Crippen molar-refractivity contribution in [2.24, 2.45) is 0 Å². The normalized spacial score (nSPS) is 25.4. The van der Waals surface area contributed by atoms with Crippen molar-refractivity contribution in [3.05, 3.63) is 0 Å². The summed E-state index contributed by atoms with van der Waals surface area (Å²) >= 11 is 0. The molecule has 0 saturated carbocycles. The minimum absolute atomic E-state index is 0.0122. The molecule has 0 bridgehead atoms. The summed E-state index contributed by atoms with van der Waals surface area (Å²) in [6.45, 7) is 2.05. The van der Waals surface area contributed by atoms with Crippen LogP contribution < -0.4 is 0 Å². The van der Waals surface area contributed by atoms with Crippen molar-refractivity contribution in [2.45, 2.75) is 31.1 Å². The third kappa shape index (κ3) is 2.68. The zero-order valence-electron chi connectivity index (χ0n) is 7.56. The lowest BCUT2D eigenvalue weighted by Gasteiger charge is -2.10. The van der Waals surface area contributed by atoms with Gasteiger partial charge in [0.1, 0.15) is 5.25 Å². The average Bonchev–Trinajstić information content (AvgIpc) is 2.54. The van der Waals surface area contributed by atoms with Gasteiger partial charge >= 0.3 is 0 Å². The van der Waals surface area contributed by atoms with Gasteiger partial charge in [0.15, 0.2) is 9.84 Å². The highest BCUT2D eigenvalue weighted by molar-refractivity contribution is 7.92. The SMILES string of the molecule is CC(C#N)S(=O)(=O)CC1CCCO1. The van der Waals surface area contributed by atoms with Gasteiger partial charge in [-0.05, 0) is 19.8 Å². The Morgan fingerprint density at radius 3 is 2.85 bits per heavy atom. The van der Waals surface area contributed by atoms with Crippen LogP contribution in [-0.4, -0.2) is 32.1 Å². The number of sulfone groups is 1. The molecule has 0 aliphatic carbocycles. The first-order chi connectivity index (χ1) is 6.06. The summed E-state index contributed by atoms with van der Waals surface area (Å²) in [5.41, 5.74) is 0. The van der Waals surface area contributed by atoms with Gasteiger partial charge in [0.25, 0.3) is 0 Å². The predicted octanol–water partition coefficient (Wildman–Crippen LogP) is 0.492. The van der Waals surface area contributed by atoms with Crippen molar-refractivity contribution in [3.8, 4) is 6.07 Å². The molecule has 0 amide bonds. The summed E-state index contributed by atoms with van der Waals surface area (Å²) in [5.74, 6) is -0.0122. The molecule has 5 heteroatoms. The van der Waals surface area contributed by atoms with Gasteiger partial charge in [0.2, 0.25) is 0 Å². The molecule has 2 unspecified atom stereocenters. The van der Waals surface area contributed by atoms with Crippen molar-refractivity contribution in [3.63, 3.8) is 0 Å². The van der Waals surface area contributed by atoms with Crippen molar-refractivity contribution in [1.29, 1.82) is 5.26 Å². The third-order valence-electron chi connectivity index (χ3n) is 2.16. The van der Waals surface area contributed by atoms with Crippen LogP contribution in [0.1, 0.15) is 19.8 Å². The molecule has 1 aliphatic heterocycles. The zero-order valence-corrected chi connectivity index (χ0v) is 8.38. The fraction of sp³-hybridized carbons (Fsp3) is 0.875. The van der Waals surface area contributed by atoms with Gasteiger partial charge in [-0.1, -0.05) is 0 Å². The predicted molar refractivity (Wildman–Crippen MR) is 47.8 cm³/mol. The summed E-state index contributed by atoms with van der Waals surface area (Å²) in [6, 6.07) is 1.74. The molecular weight excluding hydrogens is 190 g/mol. The van der Waals surface area contributed by atoms with Gasteiger partial charge in [-0.3, -0.25) is 0 Å². The number of hydrogen-bond donors (Lipinski definition) is 0. The monoisotopic (exact) mass is 203 g/mol. The van der Waals surface area contributed by atoms with Crippen molar-refractivity contribution in [1.82, 2.24) is 0 Å². The van der Waals surface area contributed by atoms with Crippen molar-refractivity contribution in [2.75, 3.05) is 12.4 Å². The summed E-state index contributed by atoms with van der Waals surface area (Å²) in [4.78, 5) is 0. The summed E-state index contributed by atoms with van der Waals surface area (Å²) < 4.78 is 28.0. The minimum atomic E-state index is -3.28. The average molecular weight is 203 g/mol. The zero-order chi connectivity index (χ0) is 9.90. The Kier molecular flexibility index (Phi) is 3.28. The van der Waals surface area contributed by atoms with Gasteiger partial charge in [-0.2, -0.15) is 5.26 Å². The molecular formula is C8H13NO3S. The molecule has 0 N–H and O–H groups in total. The highest BCUT2D eigenvalue weighted by Crippen LogP contribution is 2.15. The summed E-state index contributed by atoms with van der Waals surface area (Å²) in [7, 11) is -3.28. The Labute approximate surface area is 78.4 Å². The van der Waals surface area contributed by atoms with E-state index in [2.05, 4.69) is 0 Å². The van der Waals surface area contributed by atoms with Crippen LogP contribution >= 0.6 is 0 Å². The van der Waals surface area contributed by atoms with Crippen LogP contribution in [0.5, 0.6) is 0 Å². The van der Waals surface area contributed by atoms with Crippen LogP contribution in [0.15, 0.2) is 0 Å². The van der Waals surface area contributed by atoms with Crippen LogP contribution in [0.2, 0.25) is 0 Å². The van der Waals surface area contributed by atoms with Gasteiger partial charge in [-0.25, -0.2) is 8.42 Å². The molecule has 0 aromatic carbocycles. The van der Waals surface area contributed by atoms with Gasteiger partial charge in [-0.15, -0.1) is 0 Å². The molecule has 2 atom stereocenters. The van der Waals surface area contributed by atoms with Gasteiger partial charge in [0, 0.05) is 6.61 Å². The van der Waals surface area contributed by atoms with Crippen LogP contribution in [0.25, 0.3) is 0 Å². The molecule has 1 rings (SSSR count). The third-order valence-corrected chi connectivity index (χ3v) is 4.18. The van der Waals surface area contributed by atoms with Crippen molar-refractivity contribution < 1.29 is 13.2 Å². The Morgan fingerprint density at radius 2 is 2.38 bits per heavy atom. The number of nitriles is 1. The standard InChI is InChI=1S/C8H13NO3S/c1-7(5-9)13(10,11)6-8-3-2-4-12-8/h7-8H,2-4,6H2,1H3. The van der Waals surface area contributed by atoms with Gasteiger partial charge in [0.05, 0.1) is 17.9 Å². The molecule has 1 heterocycles. The smallest absolute Gasteiger partial charge is 0.168 e. The Bertz CT molecular complexity index is 298. The lowest BCUT2D eigenvalue weighted by atomic mass is 10.3. The van der Waals surface area contributed by atoms with Crippen LogP contribution in [0.3, 0.4) is 0 Å². The van der Waals surface area contributed by atoms with E-state index in [0.29, 0.717) is 6.61 Å². The quantitative estimate of drug-likeness (QED) is 0.669. The van der Waals surface area contributed by atoms with E-state index < -0.39 is 15.1 Å². The highest BCUT2D eigenvalue weighted by atomic mass is 32.2. The molecule has 0 radical (unpaired) electrons. The first kappa shape index (κ1) is 10.5. The molecule has 74 valence electrons. The molecule has 4 nitrogen and oxygen atoms in total. The Balaban J connectivity index is 2.57. The van der Waals surface area contributed by atoms with E-state index in [9.17, 15) is 8.42 Å². The van der Waals surface area contributed by atoms with Gasteiger partial charge < -0.3 is 4.74 Å². The number of ether oxygens (including phenoxy) is 1. The molecule has 1 saturated heterocycles. The van der Waals surface area contributed by atoms with Crippen LogP contribution in [-0.2, 0) is 14.6 Å². The second-order valence-electron chi connectivity index (χ2n) is 3.24. The van der Waals surface area contributed by atoms with E-state index in [-0.39, 0.29) is 11.9 Å². The number of rotatable bonds is 3. The molecule has 1 fully saturated rings. The fourth-order valence-electron chi connectivity index (χ4n) is 1.26. The van der Waals surface area contributed by atoms with E-state index in [1.54, 1.807) is 6.07 Å². The maximum absolute atomic E-state index is 11.4. The summed E-state index contributed by atoms with van der Waals surface area (Å²) in [6.07, 6.45) is 1.51. The number of nitrogens with zero attached hydrogens (tertiary/aromatic N) is 1. The van der Waals surface area contributed by atoms with Crippen molar-refractivity contribution >= 4 is 9.84 Å². The first-order valence-corrected chi connectivity index (χ1v) is 6.00. The minimum Gasteiger partial charge on any atom is -0.377 e. The summed E-state index contributed by atoms with van der Waals surface area (Å²) in [5, 5.41) is 7.55. The van der Waals surface area contributed by atoms with E-state index in [0.717, 1.165) is 12.8 Å². The maximum Gasteiger partial charge on any atom is 0.168 e. The Morgan fingerprint density at radius 1 is 1.69 bits per heavy atom. The first-order valence-electron chi connectivity index (χ1n) is 4.29. The molecule has 0 aromatic rings. The largest absolute Gasteiger partial charge is 0.377 e. The number of hydrogen-bond acceptors (Lipinski definition) is 4. The lowest BCUT2D eigenvalue weighted by Crippen LogP contribution is -2.27. The molecule has 0 aromatic heterocycles. The fourth-order valence-corrected chi connectivity index (χ4v) is 2.49. The van der Waals surface area contributed by atoms with E-state index >= 15 is 0 Å². The second kappa shape index (κ2) is 4.07.